The molecule has 3 rings (SSSR count). The van der Waals surface area contributed by atoms with Crippen LogP contribution >= 0.6 is 11.6 Å². The topological polar surface area (TPSA) is 148 Å². The van der Waals surface area contributed by atoms with Crippen LogP contribution in [0.5, 0.6) is 0 Å². The average Bonchev–Trinajstić information content (AvgIpc) is 3.18. The molecule has 190 valence electrons. The largest absolute Gasteiger partial charge is 0.455 e. The SMILES string of the molecule is O=C(COC(=O)[C@@H]1CC(=O)N(NC(=O)c2ccccc2[N+](=O)[O-])C1)Nc1cc(C(F)(F)F)ccc1Cl. The molecule has 2 aromatic carbocycles. The Labute approximate surface area is 205 Å². The number of nitrogens with zero attached hydrogens (tertiary/aromatic N) is 2. The summed E-state index contributed by atoms with van der Waals surface area (Å²) in [6.07, 6.45) is -5.05. The van der Waals surface area contributed by atoms with Crippen LogP contribution in [0.15, 0.2) is 42.5 Å². The van der Waals surface area contributed by atoms with Crippen LogP contribution in [-0.2, 0) is 25.3 Å². The Kier molecular flexibility index (Phi) is 7.77. The van der Waals surface area contributed by atoms with Gasteiger partial charge < -0.3 is 10.1 Å². The first kappa shape index (κ1) is 26.4. The summed E-state index contributed by atoms with van der Waals surface area (Å²) >= 11 is 5.80. The number of carbonyl (C=O) groups is 4. The molecule has 0 unspecified atom stereocenters. The molecular formula is C21H16ClF3N4O7. The van der Waals surface area contributed by atoms with Gasteiger partial charge in [0.25, 0.3) is 17.5 Å². The number of nitro benzene ring substituents is 1. The third-order valence-electron chi connectivity index (χ3n) is 4.95. The van der Waals surface area contributed by atoms with E-state index in [-0.39, 0.29) is 29.2 Å². The van der Waals surface area contributed by atoms with Crippen molar-refractivity contribution in [1.82, 2.24) is 10.4 Å². The Hall–Kier alpha value is -4.20. The number of benzene rings is 2. The number of para-hydroxylation sites is 1. The third kappa shape index (κ3) is 6.27. The summed E-state index contributed by atoms with van der Waals surface area (Å²) in [6, 6.07) is 7.35. The molecule has 1 fully saturated rings. The molecule has 0 radical (unpaired) electrons. The van der Waals surface area contributed by atoms with E-state index in [1.807, 2.05) is 0 Å². The van der Waals surface area contributed by atoms with Gasteiger partial charge in [-0.25, -0.2) is 0 Å². The van der Waals surface area contributed by atoms with E-state index in [9.17, 15) is 42.5 Å². The van der Waals surface area contributed by atoms with Gasteiger partial charge in [0, 0.05) is 12.5 Å². The van der Waals surface area contributed by atoms with E-state index in [4.69, 9.17) is 16.3 Å². The smallest absolute Gasteiger partial charge is 0.416 e. The van der Waals surface area contributed by atoms with E-state index in [0.29, 0.717) is 6.07 Å². The van der Waals surface area contributed by atoms with Crippen LogP contribution in [0.4, 0.5) is 24.5 Å². The maximum absolute atomic E-state index is 12.8. The van der Waals surface area contributed by atoms with Crippen molar-refractivity contribution in [2.24, 2.45) is 5.92 Å². The molecule has 0 aliphatic carbocycles. The van der Waals surface area contributed by atoms with Crippen LogP contribution in [0.3, 0.4) is 0 Å². The number of rotatable bonds is 7. The minimum atomic E-state index is -4.67. The first-order valence-electron chi connectivity index (χ1n) is 10.0. The van der Waals surface area contributed by atoms with Gasteiger partial charge in [0.2, 0.25) is 5.91 Å². The number of halogens is 4. The Morgan fingerprint density at radius 3 is 2.56 bits per heavy atom. The first-order valence-corrected chi connectivity index (χ1v) is 10.4. The second-order valence-electron chi connectivity index (χ2n) is 7.47. The number of carbonyl (C=O) groups excluding carboxylic acids is 4. The van der Waals surface area contributed by atoms with Crippen molar-refractivity contribution in [1.29, 1.82) is 0 Å². The number of hydrogen-bond donors (Lipinski definition) is 2. The van der Waals surface area contributed by atoms with Gasteiger partial charge in [-0.2, -0.15) is 13.2 Å². The lowest BCUT2D eigenvalue weighted by molar-refractivity contribution is -0.385. The first-order chi connectivity index (χ1) is 16.9. The molecule has 36 heavy (non-hydrogen) atoms. The molecule has 0 bridgehead atoms. The fraction of sp³-hybridized carbons (Fsp3) is 0.238. The summed E-state index contributed by atoms with van der Waals surface area (Å²) in [5, 5.41) is 13.8. The molecule has 1 atom stereocenters. The fourth-order valence-corrected chi connectivity index (χ4v) is 3.38. The second-order valence-corrected chi connectivity index (χ2v) is 7.88. The maximum atomic E-state index is 12.8. The van der Waals surface area contributed by atoms with Crippen LogP contribution in [0.25, 0.3) is 0 Å². The summed E-state index contributed by atoms with van der Waals surface area (Å²) in [5.74, 6) is -4.65. The molecule has 1 aliphatic rings. The Morgan fingerprint density at radius 1 is 1.19 bits per heavy atom. The summed E-state index contributed by atoms with van der Waals surface area (Å²) in [5.41, 5.74) is 0.0216. The van der Waals surface area contributed by atoms with E-state index in [1.54, 1.807) is 0 Å². The Balaban J connectivity index is 1.55. The van der Waals surface area contributed by atoms with Crippen molar-refractivity contribution in [2.45, 2.75) is 12.6 Å². The van der Waals surface area contributed by atoms with Crippen molar-refractivity contribution in [3.05, 3.63) is 68.7 Å². The summed E-state index contributed by atoms with van der Waals surface area (Å²) in [7, 11) is 0. The van der Waals surface area contributed by atoms with Gasteiger partial charge in [-0.15, -0.1) is 0 Å². The molecule has 15 heteroatoms. The number of ether oxygens (including phenoxy) is 1. The highest BCUT2D eigenvalue weighted by atomic mass is 35.5. The monoisotopic (exact) mass is 528 g/mol. The van der Waals surface area contributed by atoms with Crippen LogP contribution in [0, 0.1) is 16.0 Å². The van der Waals surface area contributed by atoms with Crippen LogP contribution in [-0.4, -0.2) is 46.8 Å². The van der Waals surface area contributed by atoms with E-state index in [2.05, 4.69) is 10.7 Å². The second kappa shape index (κ2) is 10.6. The van der Waals surface area contributed by atoms with Gasteiger partial charge in [0.05, 0.1) is 33.7 Å². The van der Waals surface area contributed by atoms with E-state index in [1.165, 1.54) is 18.2 Å². The summed E-state index contributed by atoms with van der Waals surface area (Å²) < 4.78 is 43.4. The van der Waals surface area contributed by atoms with Crippen molar-refractivity contribution in [3.8, 4) is 0 Å². The molecule has 0 saturated carbocycles. The summed E-state index contributed by atoms with van der Waals surface area (Å²) in [4.78, 5) is 59.2. The predicted octanol–water partition coefficient (Wildman–Crippen LogP) is 2.94. The molecule has 3 amide bonds. The van der Waals surface area contributed by atoms with Gasteiger partial charge >= 0.3 is 12.1 Å². The number of amides is 3. The zero-order chi connectivity index (χ0) is 26.6. The highest BCUT2D eigenvalue weighted by molar-refractivity contribution is 6.33. The highest BCUT2D eigenvalue weighted by Crippen LogP contribution is 2.33. The Bertz CT molecular complexity index is 1240. The van der Waals surface area contributed by atoms with Gasteiger partial charge in [0.1, 0.15) is 5.56 Å². The standard InChI is InChI=1S/C21H16ClF3N4O7/c22-14-6-5-12(21(23,24)25)8-15(14)26-17(30)10-36-20(33)11-7-18(31)28(9-11)27-19(32)13-3-1-2-4-16(13)29(34)35/h1-6,8,11H,7,9-10H2,(H,26,30)(H,27,32)/t11-/m1/s1. The average molecular weight is 529 g/mol. The molecule has 2 N–H and O–H groups in total. The molecule has 11 nitrogen and oxygen atoms in total. The fourth-order valence-electron chi connectivity index (χ4n) is 3.22. The van der Waals surface area contributed by atoms with Gasteiger partial charge in [0.15, 0.2) is 6.61 Å². The molecule has 1 saturated heterocycles. The third-order valence-corrected chi connectivity index (χ3v) is 5.28. The number of anilines is 1. The molecule has 2 aromatic rings. The molecule has 1 heterocycles. The number of hydrogen-bond acceptors (Lipinski definition) is 7. The van der Waals surface area contributed by atoms with Gasteiger partial charge in [-0.1, -0.05) is 23.7 Å². The lowest BCUT2D eigenvalue weighted by Crippen LogP contribution is -2.43. The number of nitro groups is 1. The van der Waals surface area contributed by atoms with Gasteiger partial charge in [-0.05, 0) is 24.3 Å². The molecule has 1 aliphatic heterocycles. The van der Waals surface area contributed by atoms with Crippen molar-refractivity contribution in [3.63, 3.8) is 0 Å². The Morgan fingerprint density at radius 2 is 1.89 bits per heavy atom. The summed E-state index contributed by atoms with van der Waals surface area (Å²) in [6.45, 7) is -1.20. The number of esters is 1. The van der Waals surface area contributed by atoms with E-state index < -0.39 is 58.6 Å². The van der Waals surface area contributed by atoms with Crippen molar-refractivity contribution in [2.75, 3.05) is 18.5 Å². The number of nitrogens with one attached hydrogen (secondary N) is 2. The molecule has 0 spiro atoms. The lowest BCUT2D eigenvalue weighted by Gasteiger charge is -2.17. The number of alkyl halides is 3. The van der Waals surface area contributed by atoms with Crippen LogP contribution in [0.2, 0.25) is 5.02 Å². The lowest BCUT2D eigenvalue weighted by atomic mass is 10.1. The molecular weight excluding hydrogens is 513 g/mol. The van der Waals surface area contributed by atoms with Gasteiger partial charge in [-0.3, -0.25) is 39.7 Å². The minimum absolute atomic E-state index is 0.172. The van der Waals surface area contributed by atoms with E-state index >= 15 is 0 Å². The highest BCUT2D eigenvalue weighted by Gasteiger charge is 2.37. The quantitative estimate of drug-likeness (QED) is 0.319. The van der Waals surface area contributed by atoms with Crippen LogP contribution in [0.1, 0.15) is 22.3 Å². The maximum Gasteiger partial charge on any atom is 0.416 e. The van der Waals surface area contributed by atoms with Crippen molar-refractivity contribution < 1.29 is 42.0 Å². The molecule has 0 aromatic heterocycles. The minimum Gasteiger partial charge on any atom is -0.455 e. The van der Waals surface area contributed by atoms with E-state index in [0.717, 1.165) is 23.2 Å². The normalized spacial score (nSPS) is 15.4. The van der Waals surface area contributed by atoms with Crippen LogP contribution < -0.4 is 10.7 Å². The zero-order valence-electron chi connectivity index (χ0n) is 18.0. The van der Waals surface area contributed by atoms with Crippen molar-refractivity contribution >= 4 is 46.7 Å². The zero-order valence-corrected chi connectivity index (χ0v) is 18.8. The number of hydrazine groups is 1. The predicted molar refractivity (Wildman–Crippen MR) is 116 cm³/mol.